The number of aldehydes is 1. The summed E-state index contributed by atoms with van der Waals surface area (Å²) in [6.45, 7) is 2.26. The maximum absolute atomic E-state index is 10.0. The Morgan fingerprint density at radius 2 is 1.25 bits per heavy atom. The second-order valence-corrected chi connectivity index (χ2v) is 4.53. The molecule has 94 valence electrons. The fourth-order valence-electron chi connectivity index (χ4n) is 1.90. The maximum atomic E-state index is 10.0. The van der Waals surface area contributed by atoms with Crippen molar-refractivity contribution in [2.75, 3.05) is 0 Å². The van der Waals surface area contributed by atoms with Gasteiger partial charge in [-0.05, 0) is 18.9 Å². The molecule has 0 aliphatic rings. The third kappa shape index (κ3) is 13.4. The van der Waals surface area contributed by atoms with E-state index in [4.69, 9.17) is 0 Å². The third-order valence-electron chi connectivity index (χ3n) is 2.94. The van der Waals surface area contributed by atoms with Crippen LogP contribution >= 0.6 is 0 Å². The molecule has 0 aromatic heterocycles. The van der Waals surface area contributed by atoms with Crippen molar-refractivity contribution in [3.8, 4) is 0 Å². The molecule has 0 amide bonds. The second-order valence-electron chi connectivity index (χ2n) is 4.53. The first-order valence-electron chi connectivity index (χ1n) is 7.02. The highest BCUT2D eigenvalue weighted by atomic mass is 16.1. The first-order chi connectivity index (χ1) is 7.91. The van der Waals surface area contributed by atoms with Gasteiger partial charge in [-0.15, -0.1) is 0 Å². The standard InChI is InChI=1S/C15H28O/c1-2-3-4-5-6-7-8-9-10-11-12-13-14-15-16/h13-15H,2-12H2,1H3/b14-13-. The molecule has 0 rings (SSSR count). The summed E-state index contributed by atoms with van der Waals surface area (Å²) in [5, 5.41) is 0. The van der Waals surface area contributed by atoms with E-state index in [1.54, 1.807) is 6.08 Å². The van der Waals surface area contributed by atoms with Gasteiger partial charge in [-0.25, -0.2) is 0 Å². The summed E-state index contributed by atoms with van der Waals surface area (Å²) in [6, 6.07) is 0. The molecular weight excluding hydrogens is 196 g/mol. The molecule has 0 radical (unpaired) electrons. The van der Waals surface area contributed by atoms with E-state index in [1.807, 2.05) is 6.08 Å². The summed E-state index contributed by atoms with van der Waals surface area (Å²) in [4.78, 5) is 10.0. The second kappa shape index (κ2) is 14.4. The van der Waals surface area contributed by atoms with Crippen molar-refractivity contribution in [3.63, 3.8) is 0 Å². The molecule has 0 saturated carbocycles. The van der Waals surface area contributed by atoms with E-state index in [2.05, 4.69) is 6.92 Å². The van der Waals surface area contributed by atoms with Crippen molar-refractivity contribution in [2.45, 2.75) is 77.6 Å². The zero-order chi connectivity index (χ0) is 11.9. The Bertz CT molecular complexity index is 161. The van der Waals surface area contributed by atoms with Gasteiger partial charge in [0, 0.05) is 0 Å². The summed E-state index contributed by atoms with van der Waals surface area (Å²) in [6.07, 6.45) is 19.2. The Balaban J connectivity index is 2.93. The molecule has 0 aliphatic heterocycles. The zero-order valence-corrected chi connectivity index (χ0v) is 10.9. The Morgan fingerprint density at radius 3 is 1.75 bits per heavy atom. The summed E-state index contributed by atoms with van der Waals surface area (Å²) >= 11 is 0. The predicted molar refractivity (Wildman–Crippen MR) is 71.7 cm³/mol. The molecule has 0 aromatic carbocycles. The summed E-state index contributed by atoms with van der Waals surface area (Å²) in [5.41, 5.74) is 0. The first-order valence-corrected chi connectivity index (χ1v) is 7.02. The summed E-state index contributed by atoms with van der Waals surface area (Å²) < 4.78 is 0. The molecule has 1 heteroatoms. The molecule has 0 aromatic rings. The number of hydrogen-bond donors (Lipinski definition) is 0. The van der Waals surface area contributed by atoms with Crippen LogP contribution in [0, 0.1) is 0 Å². The molecule has 0 unspecified atom stereocenters. The minimum atomic E-state index is 0.857. The average molecular weight is 224 g/mol. The zero-order valence-electron chi connectivity index (χ0n) is 10.9. The van der Waals surface area contributed by atoms with Gasteiger partial charge in [-0.1, -0.05) is 70.8 Å². The monoisotopic (exact) mass is 224 g/mol. The molecule has 0 aliphatic carbocycles. The van der Waals surface area contributed by atoms with Crippen molar-refractivity contribution in [1.29, 1.82) is 0 Å². The van der Waals surface area contributed by atoms with Crippen molar-refractivity contribution in [1.82, 2.24) is 0 Å². The largest absolute Gasteiger partial charge is 0.299 e. The van der Waals surface area contributed by atoms with Crippen LogP contribution in [0.15, 0.2) is 12.2 Å². The highest BCUT2D eigenvalue weighted by Crippen LogP contribution is 2.11. The smallest absolute Gasteiger partial charge is 0.142 e. The van der Waals surface area contributed by atoms with Crippen molar-refractivity contribution in [3.05, 3.63) is 12.2 Å². The lowest BCUT2D eigenvalue weighted by atomic mass is 10.1. The molecule has 0 heterocycles. The fourth-order valence-corrected chi connectivity index (χ4v) is 1.90. The SMILES string of the molecule is CCCCCCCCCCCC/C=C\C=O. The Labute approximate surface area is 101 Å². The normalized spacial score (nSPS) is 11.1. The van der Waals surface area contributed by atoms with Crippen LogP contribution in [-0.4, -0.2) is 6.29 Å². The van der Waals surface area contributed by atoms with Gasteiger partial charge < -0.3 is 0 Å². The molecule has 0 saturated heterocycles. The van der Waals surface area contributed by atoms with Crippen LogP contribution in [0.4, 0.5) is 0 Å². The van der Waals surface area contributed by atoms with Crippen LogP contribution in [0.5, 0.6) is 0 Å². The van der Waals surface area contributed by atoms with E-state index >= 15 is 0 Å². The third-order valence-corrected chi connectivity index (χ3v) is 2.94. The number of allylic oxidation sites excluding steroid dienone is 2. The molecule has 0 atom stereocenters. The number of hydrogen-bond acceptors (Lipinski definition) is 1. The molecule has 0 fully saturated rings. The number of carbonyl (C=O) groups is 1. The predicted octanol–water partition coefficient (Wildman–Crippen LogP) is 5.05. The van der Waals surface area contributed by atoms with Gasteiger partial charge in [-0.3, -0.25) is 4.79 Å². The van der Waals surface area contributed by atoms with E-state index in [0.29, 0.717) is 0 Å². The maximum Gasteiger partial charge on any atom is 0.142 e. The van der Waals surface area contributed by atoms with E-state index in [9.17, 15) is 4.79 Å². The van der Waals surface area contributed by atoms with Gasteiger partial charge >= 0.3 is 0 Å². The fraction of sp³-hybridized carbons (Fsp3) is 0.800. The van der Waals surface area contributed by atoms with E-state index in [0.717, 1.165) is 12.7 Å². The number of rotatable bonds is 12. The number of unbranched alkanes of at least 4 members (excludes halogenated alkanes) is 10. The van der Waals surface area contributed by atoms with Gasteiger partial charge in [0.15, 0.2) is 0 Å². The lowest BCUT2D eigenvalue weighted by Crippen LogP contribution is -1.81. The summed E-state index contributed by atoms with van der Waals surface area (Å²) in [5.74, 6) is 0. The number of carbonyl (C=O) groups excluding carboxylic acids is 1. The minimum absolute atomic E-state index is 0.857. The quantitative estimate of drug-likeness (QED) is 0.257. The van der Waals surface area contributed by atoms with Crippen LogP contribution in [0.3, 0.4) is 0 Å². The topological polar surface area (TPSA) is 17.1 Å². The van der Waals surface area contributed by atoms with Gasteiger partial charge in [-0.2, -0.15) is 0 Å². The molecule has 1 nitrogen and oxygen atoms in total. The lowest BCUT2D eigenvalue weighted by molar-refractivity contribution is -0.104. The van der Waals surface area contributed by atoms with E-state index in [-0.39, 0.29) is 0 Å². The van der Waals surface area contributed by atoms with Crippen LogP contribution in [0.1, 0.15) is 77.6 Å². The van der Waals surface area contributed by atoms with Gasteiger partial charge in [0.2, 0.25) is 0 Å². The van der Waals surface area contributed by atoms with Crippen molar-refractivity contribution < 1.29 is 4.79 Å². The van der Waals surface area contributed by atoms with Gasteiger partial charge in [0.05, 0.1) is 0 Å². The molecule has 16 heavy (non-hydrogen) atoms. The van der Waals surface area contributed by atoms with E-state index in [1.165, 1.54) is 64.2 Å². The molecule has 0 spiro atoms. The van der Waals surface area contributed by atoms with E-state index < -0.39 is 0 Å². The van der Waals surface area contributed by atoms with Crippen LogP contribution in [0.2, 0.25) is 0 Å². The van der Waals surface area contributed by atoms with Gasteiger partial charge in [0.1, 0.15) is 6.29 Å². The first kappa shape index (κ1) is 15.4. The van der Waals surface area contributed by atoms with Crippen LogP contribution < -0.4 is 0 Å². The Kier molecular flexibility index (Phi) is 13.9. The minimum Gasteiger partial charge on any atom is -0.299 e. The van der Waals surface area contributed by atoms with Crippen LogP contribution in [0.25, 0.3) is 0 Å². The highest BCUT2D eigenvalue weighted by Gasteiger charge is 1.91. The molecular formula is C15H28O. The van der Waals surface area contributed by atoms with Gasteiger partial charge in [0.25, 0.3) is 0 Å². The Morgan fingerprint density at radius 1 is 0.750 bits per heavy atom. The Hall–Kier alpha value is -0.590. The summed E-state index contributed by atoms with van der Waals surface area (Å²) in [7, 11) is 0. The highest BCUT2D eigenvalue weighted by molar-refractivity contribution is 5.64. The average Bonchev–Trinajstić information content (AvgIpc) is 2.31. The van der Waals surface area contributed by atoms with Crippen molar-refractivity contribution in [2.24, 2.45) is 0 Å². The lowest BCUT2D eigenvalue weighted by Gasteiger charge is -2.01. The van der Waals surface area contributed by atoms with Crippen molar-refractivity contribution >= 4 is 6.29 Å². The molecule has 0 N–H and O–H groups in total. The molecule has 0 bridgehead atoms. The van der Waals surface area contributed by atoms with Crippen LogP contribution in [-0.2, 0) is 4.79 Å².